The zero-order valence-corrected chi connectivity index (χ0v) is 11.4. The van der Waals surface area contributed by atoms with Crippen molar-refractivity contribution in [3.05, 3.63) is 0 Å². The van der Waals surface area contributed by atoms with E-state index in [0.717, 1.165) is 0 Å². The van der Waals surface area contributed by atoms with Gasteiger partial charge in [0.15, 0.2) is 5.60 Å². The van der Waals surface area contributed by atoms with Crippen molar-refractivity contribution in [1.82, 2.24) is 0 Å². The second-order valence-electron chi connectivity index (χ2n) is 5.73. The van der Waals surface area contributed by atoms with Crippen LogP contribution in [0, 0.1) is 17.8 Å². The maximum Gasteiger partial charge on any atom is 0.337 e. The van der Waals surface area contributed by atoms with Gasteiger partial charge in [0, 0.05) is 6.42 Å². The van der Waals surface area contributed by atoms with Gasteiger partial charge in [-0.3, -0.25) is 0 Å². The van der Waals surface area contributed by atoms with E-state index in [1.54, 1.807) is 0 Å². The number of ether oxygens (including phenoxy) is 1. The molecule has 1 aliphatic rings. The molecule has 0 aromatic heterocycles. The lowest BCUT2D eigenvalue weighted by molar-refractivity contribution is -0.186. The van der Waals surface area contributed by atoms with Crippen LogP contribution in [0.4, 0.5) is 0 Å². The summed E-state index contributed by atoms with van der Waals surface area (Å²) < 4.78 is 11.6. The molecule has 1 saturated carbocycles. The summed E-state index contributed by atoms with van der Waals surface area (Å²) in [5.41, 5.74) is -1.69. The molecule has 0 aliphatic heterocycles. The molecule has 5 atom stereocenters. The molecule has 0 aromatic rings. The molecule has 0 radical (unpaired) electrons. The Kier molecular flexibility index (Phi) is 4.25. The largest absolute Gasteiger partial charge is 0.467 e. The van der Waals surface area contributed by atoms with E-state index in [2.05, 4.69) is 9.85 Å². The van der Waals surface area contributed by atoms with E-state index in [1.165, 1.54) is 7.11 Å². The number of carbonyl (C=O) groups is 1. The second kappa shape index (κ2) is 5.55. The van der Waals surface area contributed by atoms with Gasteiger partial charge in [-0.2, -0.15) is 0 Å². The smallest absolute Gasteiger partial charge is 0.337 e. The molecule has 0 heterocycles. The normalized spacial score (nSPS) is 39.3. The van der Waals surface area contributed by atoms with Gasteiger partial charge < -0.3 is 20.1 Å². The number of hydrogen-bond acceptors (Lipinski definition) is 5. The first-order valence-corrected chi connectivity index (χ1v) is 6.37. The van der Waals surface area contributed by atoms with Gasteiger partial charge in [-0.1, -0.05) is 20.8 Å². The van der Waals surface area contributed by atoms with Crippen LogP contribution in [0.3, 0.4) is 0 Å². The molecule has 5 nitrogen and oxygen atoms in total. The maximum absolute atomic E-state index is 11.7. The van der Waals surface area contributed by atoms with E-state index in [9.17, 15) is 15.0 Å². The van der Waals surface area contributed by atoms with Crippen LogP contribution < -0.4 is 0 Å². The zero-order valence-electron chi connectivity index (χ0n) is 12.4. The van der Waals surface area contributed by atoms with Crippen LogP contribution in [0.1, 0.15) is 33.6 Å². The number of rotatable bonds is 4. The quantitative estimate of drug-likeness (QED) is 0.635. The average Bonchev–Trinajstić information content (AvgIpc) is 2.39. The number of aliphatic hydroxyl groups excluding tert-OH is 2. The Balaban J connectivity index is 3.00. The van der Waals surface area contributed by atoms with Crippen LogP contribution in [0.5, 0.6) is 0 Å². The molecule has 1 fully saturated rings. The van der Waals surface area contributed by atoms with E-state index < -0.39 is 23.8 Å². The van der Waals surface area contributed by atoms with E-state index in [1.807, 2.05) is 20.8 Å². The Morgan fingerprint density at radius 1 is 1.44 bits per heavy atom. The Bertz CT molecular complexity index is 322. The SMILES string of the molecule is [3H]O[C@@H]1C[C@](O)(C(=O)OC)C[C@@H](C(C)C(C)C)[C@H]1O. The topological polar surface area (TPSA) is 87.0 Å². The highest BCUT2D eigenvalue weighted by molar-refractivity contribution is 5.79. The Hall–Kier alpha value is -0.650. The summed E-state index contributed by atoms with van der Waals surface area (Å²) in [6, 6.07) is 0. The minimum absolute atomic E-state index is 0.0872. The molecule has 0 saturated heterocycles. The third-order valence-corrected chi connectivity index (χ3v) is 4.22. The molecular formula is C13H24O5. The monoisotopic (exact) mass is 262 g/mol. The summed E-state index contributed by atoms with van der Waals surface area (Å²) in [6.07, 6.45) is -1.74. The van der Waals surface area contributed by atoms with Gasteiger partial charge in [-0.25, -0.2) is 4.79 Å². The summed E-state index contributed by atoms with van der Waals surface area (Å²) >= 11 is 0. The summed E-state index contributed by atoms with van der Waals surface area (Å²) in [7, 11) is 1.21. The van der Waals surface area contributed by atoms with Gasteiger partial charge in [0.1, 0.15) is 0 Å². The van der Waals surface area contributed by atoms with Gasteiger partial charge in [0.25, 0.3) is 0 Å². The Labute approximate surface area is 109 Å². The fourth-order valence-corrected chi connectivity index (χ4v) is 2.67. The van der Waals surface area contributed by atoms with Crippen molar-refractivity contribution in [3.63, 3.8) is 0 Å². The molecular weight excluding hydrogens is 236 g/mol. The first-order valence-electron chi connectivity index (χ1n) is 6.78. The third kappa shape index (κ3) is 2.84. The molecule has 18 heavy (non-hydrogen) atoms. The van der Waals surface area contributed by atoms with Gasteiger partial charge in [-0.15, -0.1) is 0 Å². The maximum atomic E-state index is 11.7. The minimum Gasteiger partial charge on any atom is -0.467 e. The van der Waals surface area contributed by atoms with Crippen LogP contribution >= 0.6 is 0 Å². The molecule has 0 bridgehead atoms. The predicted octanol–water partition coefficient (Wildman–Crippen LogP) is 0.314. The van der Waals surface area contributed by atoms with Gasteiger partial charge in [0.05, 0.1) is 19.3 Å². The Morgan fingerprint density at radius 3 is 2.50 bits per heavy atom. The standard InChI is InChI=1S/C13H24O5/c1-7(2)8(3)9-5-13(17,12(16)18-4)6-10(14)11(9)15/h7-11,14-15,17H,5-6H2,1-4H3/t8?,9-,10+,11+,13-/m0/s1/i14T. The third-order valence-electron chi connectivity index (χ3n) is 4.22. The van der Waals surface area contributed by atoms with E-state index in [4.69, 9.17) is 1.43 Å². The number of aliphatic hydroxyl groups is 3. The van der Waals surface area contributed by atoms with Crippen LogP contribution in [0.15, 0.2) is 0 Å². The fraction of sp³-hybridized carbons (Fsp3) is 0.923. The predicted molar refractivity (Wildman–Crippen MR) is 65.7 cm³/mol. The Morgan fingerprint density at radius 2 is 2.06 bits per heavy atom. The average molecular weight is 262 g/mol. The molecule has 1 rings (SSSR count). The summed E-state index contributed by atoms with van der Waals surface area (Å²) in [5.74, 6) is -0.675. The van der Waals surface area contributed by atoms with Crippen LogP contribution in [0.25, 0.3) is 0 Å². The summed E-state index contributed by atoms with van der Waals surface area (Å²) in [5, 5.41) is 25.1. The molecule has 5 heteroatoms. The number of methoxy groups -OCH3 is 1. The first kappa shape index (κ1) is 13.8. The molecule has 3 N–H and O–H groups in total. The van der Waals surface area contributed by atoms with E-state index >= 15 is 0 Å². The van der Waals surface area contributed by atoms with Crippen LogP contribution in [0.2, 0.25) is 0 Å². The second-order valence-corrected chi connectivity index (χ2v) is 5.73. The van der Waals surface area contributed by atoms with Crippen molar-refractivity contribution in [2.75, 3.05) is 7.11 Å². The van der Waals surface area contributed by atoms with Crippen molar-refractivity contribution in [3.8, 4) is 0 Å². The minimum atomic E-state index is -1.69. The van der Waals surface area contributed by atoms with Crippen molar-refractivity contribution in [1.29, 1.82) is 1.43 Å². The van der Waals surface area contributed by atoms with Crippen LogP contribution in [-0.2, 0) is 9.53 Å². The van der Waals surface area contributed by atoms with E-state index in [-0.39, 0.29) is 30.6 Å². The van der Waals surface area contributed by atoms with Crippen molar-refractivity contribution < 1.29 is 24.9 Å². The summed E-state index contributed by atoms with van der Waals surface area (Å²) in [4.78, 5) is 11.7. The van der Waals surface area contributed by atoms with Gasteiger partial charge in [0.2, 0.25) is 1.43 Å². The lowest BCUT2D eigenvalue weighted by Crippen LogP contribution is -2.55. The molecule has 0 spiro atoms. The van der Waals surface area contributed by atoms with Crippen LogP contribution in [-0.4, -0.2) is 47.6 Å². The first-order chi connectivity index (χ1) is 8.76. The molecule has 0 amide bonds. The lowest BCUT2D eigenvalue weighted by atomic mass is 9.68. The fourth-order valence-electron chi connectivity index (χ4n) is 2.67. The van der Waals surface area contributed by atoms with E-state index in [0.29, 0.717) is 0 Å². The number of carbonyl (C=O) groups excluding carboxylic acids is 1. The van der Waals surface area contributed by atoms with Gasteiger partial charge in [-0.05, 0) is 24.2 Å². The zero-order chi connectivity index (χ0) is 14.8. The summed E-state index contributed by atoms with van der Waals surface area (Å²) in [6.45, 7) is 5.99. The number of hydrogen-bond donors (Lipinski definition) is 3. The van der Waals surface area contributed by atoms with Crippen molar-refractivity contribution >= 4 is 5.97 Å². The number of esters is 1. The highest BCUT2D eigenvalue weighted by atomic mass is 16.5. The van der Waals surface area contributed by atoms with Crippen molar-refractivity contribution in [2.45, 2.75) is 51.4 Å². The molecule has 1 aliphatic carbocycles. The molecule has 0 aromatic carbocycles. The van der Waals surface area contributed by atoms with Crippen molar-refractivity contribution in [2.24, 2.45) is 17.8 Å². The highest BCUT2D eigenvalue weighted by Gasteiger charge is 2.50. The lowest BCUT2D eigenvalue weighted by Gasteiger charge is -2.43. The molecule has 1 unspecified atom stereocenters. The highest BCUT2D eigenvalue weighted by Crippen LogP contribution is 2.39. The molecule has 106 valence electrons. The van der Waals surface area contributed by atoms with Gasteiger partial charge >= 0.3 is 5.97 Å².